The Hall–Kier alpha value is -1.96. The van der Waals surface area contributed by atoms with Crippen LogP contribution in [0.15, 0.2) is 6.33 Å². The average molecular weight is 255 g/mol. The Kier molecular flexibility index (Phi) is 5.25. The van der Waals surface area contributed by atoms with E-state index < -0.39 is 4.92 Å². The Balaban J connectivity index is 2.96. The molecule has 0 spiro atoms. The summed E-state index contributed by atoms with van der Waals surface area (Å²) >= 11 is 0. The number of nitro groups is 1. The topological polar surface area (TPSA) is 93.4 Å². The zero-order valence-corrected chi connectivity index (χ0v) is 10.7. The van der Waals surface area contributed by atoms with E-state index in [1.165, 1.54) is 13.4 Å². The van der Waals surface area contributed by atoms with Gasteiger partial charge >= 0.3 is 5.69 Å². The van der Waals surface area contributed by atoms with Crippen molar-refractivity contribution in [1.82, 2.24) is 15.3 Å². The molecule has 18 heavy (non-hydrogen) atoms. The van der Waals surface area contributed by atoms with Crippen LogP contribution >= 0.6 is 0 Å². The van der Waals surface area contributed by atoms with E-state index in [1.54, 1.807) is 11.9 Å². The van der Waals surface area contributed by atoms with Gasteiger partial charge in [-0.1, -0.05) is 0 Å². The van der Waals surface area contributed by atoms with Crippen LogP contribution < -0.4 is 15.0 Å². The quantitative estimate of drug-likeness (QED) is 0.429. The van der Waals surface area contributed by atoms with Gasteiger partial charge in [0.2, 0.25) is 5.82 Å². The molecule has 1 heterocycles. The molecule has 0 aromatic carbocycles. The fourth-order valence-electron chi connectivity index (χ4n) is 1.54. The molecule has 1 aromatic heterocycles. The third-order valence-electron chi connectivity index (χ3n) is 2.43. The molecule has 0 fully saturated rings. The van der Waals surface area contributed by atoms with Crippen molar-refractivity contribution >= 4 is 11.5 Å². The maximum atomic E-state index is 11.0. The van der Waals surface area contributed by atoms with Crippen LogP contribution in [0.25, 0.3) is 0 Å². The van der Waals surface area contributed by atoms with Crippen LogP contribution in [0.4, 0.5) is 11.5 Å². The van der Waals surface area contributed by atoms with Crippen molar-refractivity contribution in [3.05, 3.63) is 16.4 Å². The predicted octanol–water partition coefficient (Wildman–Crippen LogP) is 0.439. The zero-order valence-electron chi connectivity index (χ0n) is 10.7. The lowest BCUT2D eigenvalue weighted by Gasteiger charge is -2.17. The summed E-state index contributed by atoms with van der Waals surface area (Å²) in [7, 11) is 4.96. The number of rotatable bonds is 7. The third-order valence-corrected chi connectivity index (χ3v) is 2.43. The molecule has 1 aromatic rings. The van der Waals surface area contributed by atoms with Gasteiger partial charge in [0.1, 0.15) is 6.33 Å². The third kappa shape index (κ3) is 3.27. The Morgan fingerprint density at radius 3 is 2.83 bits per heavy atom. The first-order valence-electron chi connectivity index (χ1n) is 5.51. The fraction of sp³-hybridized carbons (Fsp3) is 0.600. The largest absolute Gasteiger partial charge is 0.476 e. The molecule has 0 aliphatic heterocycles. The molecule has 100 valence electrons. The minimum Gasteiger partial charge on any atom is -0.476 e. The lowest BCUT2D eigenvalue weighted by Crippen LogP contribution is -2.24. The molecule has 1 rings (SSSR count). The van der Waals surface area contributed by atoms with Crippen molar-refractivity contribution in [2.45, 2.75) is 6.42 Å². The van der Waals surface area contributed by atoms with Crippen LogP contribution in [-0.2, 0) is 0 Å². The summed E-state index contributed by atoms with van der Waals surface area (Å²) in [5.74, 6) is 0.244. The highest BCUT2D eigenvalue weighted by Gasteiger charge is 2.25. The first-order chi connectivity index (χ1) is 8.61. The number of nitrogens with zero attached hydrogens (tertiary/aromatic N) is 4. The fourth-order valence-corrected chi connectivity index (χ4v) is 1.54. The number of anilines is 1. The summed E-state index contributed by atoms with van der Waals surface area (Å²) < 4.78 is 4.89. The van der Waals surface area contributed by atoms with Gasteiger partial charge in [0, 0.05) is 13.6 Å². The molecule has 0 saturated carbocycles. The molecule has 0 radical (unpaired) electrons. The van der Waals surface area contributed by atoms with Gasteiger partial charge < -0.3 is 15.0 Å². The Bertz CT molecular complexity index is 412. The van der Waals surface area contributed by atoms with Crippen molar-refractivity contribution in [2.24, 2.45) is 0 Å². The van der Waals surface area contributed by atoms with E-state index in [9.17, 15) is 10.1 Å². The van der Waals surface area contributed by atoms with Crippen molar-refractivity contribution in [2.75, 3.05) is 39.2 Å². The zero-order chi connectivity index (χ0) is 13.5. The normalized spacial score (nSPS) is 10.2. The Morgan fingerprint density at radius 1 is 1.56 bits per heavy atom. The summed E-state index contributed by atoms with van der Waals surface area (Å²) in [5, 5.41) is 14.1. The molecule has 0 unspecified atom stereocenters. The van der Waals surface area contributed by atoms with Crippen LogP contribution in [0, 0.1) is 10.1 Å². The minimum absolute atomic E-state index is 0.0227. The second-order valence-electron chi connectivity index (χ2n) is 3.69. The van der Waals surface area contributed by atoms with Crippen molar-refractivity contribution in [1.29, 1.82) is 0 Å². The first-order valence-corrected chi connectivity index (χ1v) is 5.51. The number of ether oxygens (including phenoxy) is 1. The van der Waals surface area contributed by atoms with E-state index in [4.69, 9.17) is 4.74 Å². The van der Waals surface area contributed by atoms with E-state index >= 15 is 0 Å². The summed E-state index contributed by atoms with van der Waals surface area (Å²) in [6.07, 6.45) is 2.12. The van der Waals surface area contributed by atoms with E-state index in [0.29, 0.717) is 6.54 Å². The Morgan fingerprint density at radius 2 is 2.28 bits per heavy atom. The van der Waals surface area contributed by atoms with E-state index in [2.05, 4.69) is 15.3 Å². The summed E-state index contributed by atoms with van der Waals surface area (Å²) in [5.41, 5.74) is -0.202. The molecule has 1 N–H and O–H groups in total. The molecule has 8 nitrogen and oxygen atoms in total. The van der Waals surface area contributed by atoms with Gasteiger partial charge in [0.15, 0.2) is 0 Å². The van der Waals surface area contributed by atoms with Crippen molar-refractivity contribution < 1.29 is 9.66 Å². The summed E-state index contributed by atoms with van der Waals surface area (Å²) in [6.45, 7) is 1.49. The lowest BCUT2D eigenvalue weighted by atomic mass is 10.3. The molecule has 0 bridgehead atoms. The highest BCUT2D eigenvalue weighted by Crippen LogP contribution is 2.32. The van der Waals surface area contributed by atoms with Crippen LogP contribution in [0.3, 0.4) is 0 Å². The summed E-state index contributed by atoms with van der Waals surface area (Å²) in [6, 6.07) is 0. The molecule has 0 saturated heterocycles. The van der Waals surface area contributed by atoms with Crippen LogP contribution in [0.2, 0.25) is 0 Å². The van der Waals surface area contributed by atoms with Crippen molar-refractivity contribution in [3.63, 3.8) is 0 Å². The summed E-state index contributed by atoms with van der Waals surface area (Å²) in [4.78, 5) is 19.9. The minimum atomic E-state index is -0.525. The maximum Gasteiger partial charge on any atom is 0.372 e. The van der Waals surface area contributed by atoms with E-state index in [0.717, 1.165) is 13.0 Å². The molecular weight excluding hydrogens is 238 g/mol. The van der Waals surface area contributed by atoms with Gasteiger partial charge in [0.25, 0.3) is 5.88 Å². The standard InChI is InChI=1S/C10H17N5O3/c1-11-5-4-6-14(2)9-8(15(16)17)10(18-3)13-7-12-9/h7,11H,4-6H2,1-3H3. The Labute approximate surface area is 105 Å². The van der Waals surface area contributed by atoms with Crippen LogP contribution in [-0.4, -0.2) is 49.2 Å². The van der Waals surface area contributed by atoms with Crippen molar-refractivity contribution in [3.8, 4) is 5.88 Å². The number of hydrogen-bond acceptors (Lipinski definition) is 7. The average Bonchev–Trinajstić information content (AvgIpc) is 2.37. The molecule has 0 aliphatic rings. The molecule has 0 aliphatic carbocycles. The van der Waals surface area contributed by atoms with Gasteiger partial charge in [-0.05, 0) is 20.0 Å². The SMILES string of the molecule is CNCCCN(C)c1ncnc(OC)c1[N+](=O)[O-]. The van der Waals surface area contributed by atoms with Gasteiger partial charge in [-0.2, -0.15) is 4.98 Å². The second-order valence-corrected chi connectivity index (χ2v) is 3.69. The number of methoxy groups -OCH3 is 1. The second kappa shape index (κ2) is 6.70. The van der Waals surface area contributed by atoms with Crippen LogP contribution in [0.1, 0.15) is 6.42 Å². The first kappa shape index (κ1) is 14.1. The van der Waals surface area contributed by atoms with Crippen LogP contribution in [0.5, 0.6) is 5.88 Å². The number of aromatic nitrogens is 2. The smallest absolute Gasteiger partial charge is 0.372 e. The highest BCUT2D eigenvalue weighted by molar-refractivity contribution is 5.62. The van der Waals surface area contributed by atoms with Gasteiger partial charge in [-0.25, -0.2) is 4.98 Å². The van der Waals surface area contributed by atoms with Gasteiger partial charge in [-0.3, -0.25) is 10.1 Å². The van der Waals surface area contributed by atoms with E-state index in [-0.39, 0.29) is 17.4 Å². The predicted molar refractivity (Wildman–Crippen MR) is 67.1 cm³/mol. The molecule has 8 heteroatoms. The lowest BCUT2D eigenvalue weighted by molar-refractivity contribution is -0.385. The molecule has 0 amide bonds. The number of nitrogens with one attached hydrogen (secondary N) is 1. The van der Waals surface area contributed by atoms with Gasteiger partial charge in [-0.15, -0.1) is 0 Å². The highest BCUT2D eigenvalue weighted by atomic mass is 16.6. The van der Waals surface area contributed by atoms with E-state index in [1.807, 2.05) is 7.05 Å². The maximum absolute atomic E-state index is 11.0. The molecule has 0 atom stereocenters. The number of hydrogen-bond donors (Lipinski definition) is 1. The van der Waals surface area contributed by atoms with Gasteiger partial charge in [0.05, 0.1) is 12.0 Å². The monoisotopic (exact) mass is 255 g/mol. The molecular formula is C10H17N5O3.